The maximum atomic E-state index is 11.3. The van der Waals surface area contributed by atoms with Crippen LogP contribution < -0.4 is 5.43 Å². The first-order valence-corrected chi connectivity index (χ1v) is 6.06. The number of carbonyl (C=O) groups is 1. The third-order valence-corrected chi connectivity index (χ3v) is 3.05. The Kier molecular flexibility index (Phi) is 4.12. The number of benzene rings is 1. The molecule has 0 bridgehead atoms. The lowest BCUT2D eigenvalue weighted by molar-refractivity contribution is -0.141. The van der Waals surface area contributed by atoms with E-state index in [1.54, 1.807) is 0 Å². The lowest BCUT2D eigenvalue weighted by Gasteiger charge is -2.30. The van der Waals surface area contributed by atoms with E-state index in [1.807, 2.05) is 35.3 Å². The standard InChI is InChI=1S/C13H18N2O2/c16-13(17)12(11-7-3-1-4-8-11)14-15-9-5-2-6-10-15/h1,3-4,7-8,12,14H,2,5-6,9-10H2,(H,16,17). The topological polar surface area (TPSA) is 52.6 Å². The van der Waals surface area contributed by atoms with Gasteiger partial charge in [0.2, 0.25) is 0 Å². The molecule has 17 heavy (non-hydrogen) atoms. The van der Waals surface area contributed by atoms with E-state index in [9.17, 15) is 9.90 Å². The Labute approximate surface area is 101 Å². The van der Waals surface area contributed by atoms with E-state index < -0.39 is 12.0 Å². The zero-order valence-electron chi connectivity index (χ0n) is 9.80. The van der Waals surface area contributed by atoms with Gasteiger partial charge >= 0.3 is 5.97 Å². The summed E-state index contributed by atoms with van der Waals surface area (Å²) in [6, 6.07) is 8.66. The highest BCUT2D eigenvalue weighted by Crippen LogP contribution is 2.15. The van der Waals surface area contributed by atoms with Crippen molar-refractivity contribution < 1.29 is 9.90 Å². The van der Waals surface area contributed by atoms with Gasteiger partial charge in [0.15, 0.2) is 0 Å². The molecule has 1 fully saturated rings. The van der Waals surface area contributed by atoms with Crippen molar-refractivity contribution in [1.29, 1.82) is 0 Å². The molecule has 4 heteroatoms. The van der Waals surface area contributed by atoms with Gasteiger partial charge in [-0.05, 0) is 18.4 Å². The summed E-state index contributed by atoms with van der Waals surface area (Å²) in [5, 5.41) is 11.3. The SMILES string of the molecule is O=C(O)C(NN1CCCCC1)c1ccccc1. The van der Waals surface area contributed by atoms with Gasteiger partial charge in [0, 0.05) is 13.1 Å². The van der Waals surface area contributed by atoms with Gasteiger partial charge in [-0.15, -0.1) is 0 Å². The van der Waals surface area contributed by atoms with Crippen molar-refractivity contribution in [2.75, 3.05) is 13.1 Å². The number of rotatable bonds is 4. The van der Waals surface area contributed by atoms with Crippen LogP contribution in [0.1, 0.15) is 30.9 Å². The predicted molar refractivity (Wildman–Crippen MR) is 65.4 cm³/mol. The second-order valence-corrected chi connectivity index (χ2v) is 4.36. The van der Waals surface area contributed by atoms with Gasteiger partial charge < -0.3 is 5.11 Å². The molecule has 1 aromatic carbocycles. The Morgan fingerprint density at radius 1 is 1.18 bits per heavy atom. The number of aliphatic carboxylic acids is 1. The fraction of sp³-hybridized carbons (Fsp3) is 0.462. The van der Waals surface area contributed by atoms with Crippen LogP contribution in [0.25, 0.3) is 0 Å². The maximum Gasteiger partial charge on any atom is 0.326 e. The van der Waals surface area contributed by atoms with Gasteiger partial charge in [-0.2, -0.15) is 0 Å². The summed E-state index contributed by atoms with van der Waals surface area (Å²) in [5.74, 6) is -0.832. The smallest absolute Gasteiger partial charge is 0.326 e. The molecular weight excluding hydrogens is 216 g/mol. The van der Waals surface area contributed by atoms with Crippen LogP contribution in [0.5, 0.6) is 0 Å². The number of carboxylic acids is 1. The number of hydrogen-bond acceptors (Lipinski definition) is 3. The van der Waals surface area contributed by atoms with Gasteiger partial charge in [-0.1, -0.05) is 36.8 Å². The molecule has 2 N–H and O–H groups in total. The summed E-state index contributed by atoms with van der Waals surface area (Å²) < 4.78 is 0. The van der Waals surface area contributed by atoms with E-state index in [-0.39, 0.29) is 0 Å². The molecular formula is C13H18N2O2. The van der Waals surface area contributed by atoms with Crippen LogP contribution >= 0.6 is 0 Å². The van der Waals surface area contributed by atoms with Crippen LogP contribution in [-0.4, -0.2) is 29.2 Å². The second kappa shape index (κ2) is 5.80. The van der Waals surface area contributed by atoms with Gasteiger partial charge in [-0.3, -0.25) is 4.79 Å². The van der Waals surface area contributed by atoms with Crippen LogP contribution in [0.3, 0.4) is 0 Å². The van der Waals surface area contributed by atoms with Crippen LogP contribution in [0, 0.1) is 0 Å². The van der Waals surface area contributed by atoms with Crippen molar-refractivity contribution >= 4 is 5.97 Å². The number of carboxylic acid groups (broad SMARTS) is 1. The highest BCUT2D eigenvalue weighted by atomic mass is 16.4. The molecule has 0 radical (unpaired) electrons. The average Bonchev–Trinajstić information content (AvgIpc) is 2.38. The fourth-order valence-corrected chi connectivity index (χ4v) is 2.12. The van der Waals surface area contributed by atoms with Crippen LogP contribution in [0.4, 0.5) is 0 Å². The van der Waals surface area contributed by atoms with Crippen LogP contribution in [0.15, 0.2) is 30.3 Å². The summed E-state index contributed by atoms with van der Waals surface area (Å²) in [7, 11) is 0. The number of hydrogen-bond donors (Lipinski definition) is 2. The first kappa shape index (κ1) is 12.1. The van der Waals surface area contributed by atoms with E-state index in [1.165, 1.54) is 6.42 Å². The van der Waals surface area contributed by atoms with E-state index in [0.717, 1.165) is 31.5 Å². The normalized spacial score (nSPS) is 18.8. The molecule has 0 spiro atoms. The third-order valence-electron chi connectivity index (χ3n) is 3.05. The lowest BCUT2D eigenvalue weighted by Crippen LogP contribution is -2.45. The molecule has 1 aliphatic rings. The van der Waals surface area contributed by atoms with Crippen molar-refractivity contribution in [2.45, 2.75) is 25.3 Å². The molecule has 1 aliphatic heterocycles. The molecule has 4 nitrogen and oxygen atoms in total. The monoisotopic (exact) mass is 234 g/mol. The molecule has 2 rings (SSSR count). The highest BCUT2D eigenvalue weighted by Gasteiger charge is 2.22. The quantitative estimate of drug-likeness (QED) is 0.834. The molecule has 1 aromatic rings. The van der Waals surface area contributed by atoms with Crippen molar-refractivity contribution in [3.63, 3.8) is 0 Å². The van der Waals surface area contributed by atoms with E-state index in [0.29, 0.717) is 0 Å². The van der Waals surface area contributed by atoms with Crippen molar-refractivity contribution in [3.8, 4) is 0 Å². The zero-order valence-corrected chi connectivity index (χ0v) is 9.80. The van der Waals surface area contributed by atoms with Gasteiger partial charge in [-0.25, -0.2) is 10.4 Å². The highest BCUT2D eigenvalue weighted by molar-refractivity contribution is 5.75. The molecule has 92 valence electrons. The molecule has 1 unspecified atom stereocenters. The minimum absolute atomic E-state index is 0.644. The predicted octanol–water partition coefficient (Wildman–Crippen LogP) is 1.80. The fourth-order valence-electron chi connectivity index (χ4n) is 2.12. The molecule has 0 saturated carbocycles. The van der Waals surface area contributed by atoms with E-state index in [4.69, 9.17) is 0 Å². The second-order valence-electron chi connectivity index (χ2n) is 4.36. The number of nitrogens with one attached hydrogen (secondary N) is 1. The Bertz CT molecular complexity index is 361. The summed E-state index contributed by atoms with van der Waals surface area (Å²) >= 11 is 0. The summed E-state index contributed by atoms with van der Waals surface area (Å²) in [4.78, 5) is 11.3. The Morgan fingerprint density at radius 2 is 1.82 bits per heavy atom. The zero-order chi connectivity index (χ0) is 12.1. The first-order valence-electron chi connectivity index (χ1n) is 6.06. The van der Waals surface area contributed by atoms with Crippen LogP contribution in [-0.2, 0) is 4.79 Å². The van der Waals surface area contributed by atoms with Crippen molar-refractivity contribution in [2.24, 2.45) is 0 Å². The Balaban J connectivity index is 2.05. The Hall–Kier alpha value is -1.39. The largest absolute Gasteiger partial charge is 0.480 e. The lowest BCUT2D eigenvalue weighted by atomic mass is 10.1. The molecule has 1 saturated heterocycles. The van der Waals surface area contributed by atoms with Crippen molar-refractivity contribution in [1.82, 2.24) is 10.4 Å². The van der Waals surface area contributed by atoms with E-state index >= 15 is 0 Å². The minimum Gasteiger partial charge on any atom is -0.480 e. The van der Waals surface area contributed by atoms with Gasteiger partial charge in [0.25, 0.3) is 0 Å². The average molecular weight is 234 g/mol. The first-order chi connectivity index (χ1) is 8.27. The summed E-state index contributed by atoms with van der Waals surface area (Å²) in [6.07, 6.45) is 3.50. The molecule has 0 amide bonds. The molecule has 0 aliphatic carbocycles. The van der Waals surface area contributed by atoms with Crippen LogP contribution in [0.2, 0.25) is 0 Å². The maximum absolute atomic E-state index is 11.3. The Morgan fingerprint density at radius 3 is 2.41 bits per heavy atom. The third kappa shape index (κ3) is 3.28. The van der Waals surface area contributed by atoms with Gasteiger partial charge in [0.05, 0.1) is 0 Å². The summed E-state index contributed by atoms with van der Waals surface area (Å²) in [6.45, 7) is 1.85. The number of piperidine rings is 1. The van der Waals surface area contributed by atoms with Crippen molar-refractivity contribution in [3.05, 3.63) is 35.9 Å². The molecule has 1 heterocycles. The molecule has 1 atom stereocenters. The molecule has 0 aromatic heterocycles. The number of nitrogens with zero attached hydrogens (tertiary/aromatic N) is 1. The van der Waals surface area contributed by atoms with Gasteiger partial charge in [0.1, 0.15) is 6.04 Å². The summed E-state index contributed by atoms with van der Waals surface area (Å²) in [5.41, 5.74) is 3.90. The minimum atomic E-state index is -0.832. The number of hydrazine groups is 1. The van der Waals surface area contributed by atoms with E-state index in [2.05, 4.69) is 5.43 Å².